The first-order valence-electron chi connectivity index (χ1n) is 8.57. The van der Waals surface area contributed by atoms with E-state index in [0.717, 1.165) is 44.0 Å². The summed E-state index contributed by atoms with van der Waals surface area (Å²) >= 11 is 1.91. The van der Waals surface area contributed by atoms with E-state index < -0.39 is 0 Å². The molecule has 3 nitrogen and oxygen atoms in total. The molecule has 0 aliphatic carbocycles. The molecule has 2 heterocycles. The van der Waals surface area contributed by atoms with Crippen molar-refractivity contribution in [2.75, 3.05) is 24.7 Å². The summed E-state index contributed by atoms with van der Waals surface area (Å²) in [7, 11) is 0. The van der Waals surface area contributed by atoms with Gasteiger partial charge in [-0.25, -0.2) is 0 Å². The predicted octanol–water partition coefficient (Wildman–Crippen LogP) is 4.52. The Bertz CT molecular complexity index is 319. The van der Waals surface area contributed by atoms with Crippen LogP contribution in [0.5, 0.6) is 0 Å². The molecule has 0 amide bonds. The van der Waals surface area contributed by atoms with Gasteiger partial charge in [-0.2, -0.15) is 17.0 Å². The van der Waals surface area contributed by atoms with Crippen molar-refractivity contribution in [2.24, 2.45) is 5.41 Å². The van der Waals surface area contributed by atoms with E-state index in [1.807, 2.05) is 11.8 Å². The zero-order chi connectivity index (χ0) is 14.8. The maximum Gasteiger partial charge on any atom is 0.157 e. The van der Waals surface area contributed by atoms with Gasteiger partial charge < -0.3 is 9.47 Å². The van der Waals surface area contributed by atoms with E-state index in [1.54, 1.807) is 0 Å². The van der Waals surface area contributed by atoms with Crippen LogP contribution in [0.15, 0.2) is 0 Å². The van der Waals surface area contributed by atoms with Crippen molar-refractivity contribution in [1.29, 1.82) is 5.26 Å². The van der Waals surface area contributed by atoms with E-state index in [0.29, 0.717) is 0 Å². The zero-order valence-electron chi connectivity index (χ0n) is 13.1. The Hall–Kier alpha value is -0.240. The molecule has 2 aliphatic rings. The minimum absolute atomic E-state index is 0.0402. The van der Waals surface area contributed by atoms with Gasteiger partial charge in [-0.05, 0) is 32.1 Å². The molecule has 120 valence electrons. The van der Waals surface area contributed by atoms with Gasteiger partial charge in [0, 0.05) is 24.7 Å². The van der Waals surface area contributed by atoms with Gasteiger partial charge in [0.1, 0.15) is 0 Å². The van der Waals surface area contributed by atoms with E-state index in [-0.39, 0.29) is 11.7 Å². The summed E-state index contributed by atoms with van der Waals surface area (Å²) in [5, 5.41) is 9.16. The SMILES string of the molecule is N#CC1(CCCCCCCCOC2CCCCO2)CSC1. The van der Waals surface area contributed by atoms with Gasteiger partial charge in [0.2, 0.25) is 0 Å². The third kappa shape index (κ3) is 6.18. The molecule has 0 aromatic rings. The number of thioether (sulfide) groups is 1. The summed E-state index contributed by atoms with van der Waals surface area (Å²) in [6, 6.07) is 2.52. The zero-order valence-corrected chi connectivity index (χ0v) is 14.0. The summed E-state index contributed by atoms with van der Waals surface area (Å²) in [4.78, 5) is 0. The first-order chi connectivity index (χ1) is 10.3. The molecule has 4 heteroatoms. The lowest BCUT2D eigenvalue weighted by molar-refractivity contribution is -0.162. The molecule has 2 rings (SSSR count). The number of nitriles is 1. The molecular formula is C17H29NO2S. The average molecular weight is 311 g/mol. The van der Waals surface area contributed by atoms with Crippen LogP contribution < -0.4 is 0 Å². The van der Waals surface area contributed by atoms with Gasteiger partial charge in [0.25, 0.3) is 0 Å². The van der Waals surface area contributed by atoms with Crippen LogP contribution >= 0.6 is 11.8 Å². The standard InChI is InChI=1S/C17H29NO2S/c18-13-17(14-21-15-17)10-6-3-1-2-4-7-11-19-16-9-5-8-12-20-16/h16H,1-12,14-15H2. The highest BCUT2D eigenvalue weighted by molar-refractivity contribution is 8.00. The number of hydrogen-bond donors (Lipinski definition) is 0. The minimum Gasteiger partial charge on any atom is -0.353 e. The molecule has 2 saturated heterocycles. The van der Waals surface area contributed by atoms with Crippen LogP contribution in [-0.2, 0) is 9.47 Å². The first kappa shape index (κ1) is 17.1. The van der Waals surface area contributed by atoms with Gasteiger partial charge in [0.15, 0.2) is 6.29 Å². The van der Waals surface area contributed by atoms with Gasteiger partial charge in [-0.15, -0.1) is 0 Å². The van der Waals surface area contributed by atoms with Crippen LogP contribution in [0.25, 0.3) is 0 Å². The Morgan fingerprint density at radius 2 is 1.86 bits per heavy atom. The molecule has 0 spiro atoms. The maximum absolute atomic E-state index is 9.16. The average Bonchev–Trinajstić information content (AvgIpc) is 2.49. The molecule has 1 atom stereocenters. The van der Waals surface area contributed by atoms with Gasteiger partial charge in [-0.1, -0.05) is 32.1 Å². The lowest BCUT2D eigenvalue weighted by Gasteiger charge is -2.34. The van der Waals surface area contributed by atoms with Crippen LogP contribution in [0.1, 0.15) is 64.2 Å². The molecule has 21 heavy (non-hydrogen) atoms. The normalized spacial score (nSPS) is 24.2. The fourth-order valence-corrected chi connectivity index (χ4v) is 4.06. The Balaban J connectivity index is 1.34. The van der Waals surface area contributed by atoms with Crippen LogP contribution in [0.3, 0.4) is 0 Å². The highest BCUT2D eigenvalue weighted by atomic mass is 32.2. The molecule has 2 fully saturated rings. The molecule has 0 bridgehead atoms. The molecular weight excluding hydrogens is 282 g/mol. The van der Waals surface area contributed by atoms with Crippen molar-refractivity contribution in [3.05, 3.63) is 0 Å². The molecule has 0 aromatic heterocycles. The van der Waals surface area contributed by atoms with E-state index in [1.165, 1.54) is 44.9 Å². The number of unbranched alkanes of at least 4 members (excludes halogenated alkanes) is 5. The van der Waals surface area contributed by atoms with Crippen molar-refractivity contribution in [3.8, 4) is 6.07 Å². The van der Waals surface area contributed by atoms with Crippen molar-refractivity contribution in [3.63, 3.8) is 0 Å². The van der Waals surface area contributed by atoms with Crippen LogP contribution in [0.2, 0.25) is 0 Å². The van der Waals surface area contributed by atoms with E-state index in [2.05, 4.69) is 6.07 Å². The first-order valence-corrected chi connectivity index (χ1v) is 9.72. The summed E-state index contributed by atoms with van der Waals surface area (Å²) in [6.07, 6.45) is 12.2. The summed E-state index contributed by atoms with van der Waals surface area (Å²) in [5.41, 5.74) is 0.0402. The second-order valence-electron chi connectivity index (χ2n) is 6.42. The second kappa shape index (κ2) is 9.71. The van der Waals surface area contributed by atoms with E-state index in [4.69, 9.17) is 14.7 Å². The van der Waals surface area contributed by atoms with Crippen molar-refractivity contribution >= 4 is 11.8 Å². The smallest absolute Gasteiger partial charge is 0.157 e. The molecule has 2 aliphatic heterocycles. The largest absolute Gasteiger partial charge is 0.353 e. The third-order valence-corrected chi connectivity index (χ3v) is 6.00. The highest BCUT2D eigenvalue weighted by Gasteiger charge is 2.37. The van der Waals surface area contributed by atoms with Crippen LogP contribution in [0.4, 0.5) is 0 Å². The van der Waals surface area contributed by atoms with E-state index in [9.17, 15) is 0 Å². The Morgan fingerprint density at radius 3 is 2.48 bits per heavy atom. The summed E-state index contributed by atoms with van der Waals surface area (Å²) in [6.45, 7) is 1.72. The minimum atomic E-state index is 0.0402. The van der Waals surface area contributed by atoms with Gasteiger partial charge in [0.05, 0.1) is 11.5 Å². The third-order valence-electron chi connectivity index (χ3n) is 4.49. The molecule has 1 unspecified atom stereocenters. The summed E-state index contributed by atoms with van der Waals surface area (Å²) < 4.78 is 11.3. The lowest BCUT2D eigenvalue weighted by Crippen LogP contribution is -2.33. The Morgan fingerprint density at radius 1 is 1.10 bits per heavy atom. The fraction of sp³-hybridized carbons (Fsp3) is 0.941. The molecule has 0 saturated carbocycles. The molecule has 0 aromatic carbocycles. The fourth-order valence-electron chi connectivity index (χ4n) is 2.94. The molecule has 0 N–H and O–H groups in total. The Labute approximate surface area is 133 Å². The van der Waals surface area contributed by atoms with E-state index >= 15 is 0 Å². The maximum atomic E-state index is 9.16. The second-order valence-corrected chi connectivity index (χ2v) is 7.41. The van der Waals surface area contributed by atoms with Gasteiger partial charge in [-0.3, -0.25) is 0 Å². The summed E-state index contributed by atoms with van der Waals surface area (Å²) in [5.74, 6) is 2.12. The highest BCUT2D eigenvalue weighted by Crippen LogP contribution is 2.41. The number of ether oxygens (including phenoxy) is 2. The predicted molar refractivity (Wildman–Crippen MR) is 87.2 cm³/mol. The van der Waals surface area contributed by atoms with Crippen LogP contribution in [-0.4, -0.2) is 31.0 Å². The van der Waals surface area contributed by atoms with Crippen molar-refractivity contribution in [2.45, 2.75) is 70.5 Å². The Kier molecular flexibility index (Phi) is 7.92. The monoisotopic (exact) mass is 311 g/mol. The molecule has 0 radical (unpaired) electrons. The number of nitrogens with zero attached hydrogens (tertiary/aromatic N) is 1. The number of rotatable bonds is 10. The van der Waals surface area contributed by atoms with Gasteiger partial charge >= 0.3 is 0 Å². The van der Waals surface area contributed by atoms with Crippen molar-refractivity contribution < 1.29 is 9.47 Å². The number of hydrogen-bond acceptors (Lipinski definition) is 4. The topological polar surface area (TPSA) is 42.2 Å². The van der Waals surface area contributed by atoms with Crippen LogP contribution in [0, 0.1) is 16.7 Å². The van der Waals surface area contributed by atoms with Crippen molar-refractivity contribution in [1.82, 2.24) is 0 Å². The lowest BCUT2D eigenvalue weighted by atomic mass is 9.87. The quantitative estimate of drug-likeness (QED) is 0.556.